The minimum atomic E-state index is -0.856. The van der Waals surface area contributed by atoms with Crippen LogP contribution in [0.3, 0.4) is 0 Å². The first kappa shape index (κ1) is 61.8. The van der Waals surface area contributed by atoms with Crippen LogP contribution in [0.2, 0.25) is 0 Å². The summed E-state index contributed by atoms with van der Waals surface area (Å²) < 4.78 is 16.6. The van der Waals surface area contributed by atoms with Crippen LogP contribution in [0.5, 0.6) is 0 Å². The number of carbonyl (C=O) groups is 3. The molecule has 0 aliphatic carbocycles. The van der Waals surface area contributed by atoms with E-state index < -0.39 is 12.1 Å². The fraction of sp³-hybridized carbons (Fsp3) is 0.492. The molecule has 0 aliphatic heterocycles. The van der Waals surface area contributed by atoms with E-state index in [1.165, 1.54) is 0 Å². The van der Waals surface area contributed by atoms with E-state index in [4.69, 9.17) is 14.2 Å². The normalized spacial score (nSPS) is 13.5. The van der Waals surface area contributed by atoms with Crippen molar-refractivity contribution in [3.63, 3.8) is 0 Å². The van der Waals surface area contributed by atoms with Crippen molar-refractivity contribution < 1.29 is 28.6 Å². The largest absolute Gasteiger partial charge is 0.462 e. The van der Waals surface area contributed by atoms with E-state index in [9.17, 15) is 14.4 Å². The zero-order chi connectivity index (χ0) is 48.6. The fourth-order valence-corrected chi connectivity index (χ4v) is 6.03. The van der Waals surface area contributed by atoms with Gasteiger partial charge in [0.25, 0.3) is 0 Å². The molecule has 0 spiro atoms. The van der Waals surface area contributed by atoms with Gasteiger partial charge in [-0.2, -0.15) is 0 Å². The standard InChI is InChI=1S/C61H90O6/c1-4-7-10-13-16-19-22-25-27-29-30-32-33-36-39-42-45-48-51-54-60(63)66-57-58(56-65-59(62)53-50-47-44-41-38-35-24-21-18-15-12-9-6-3)67-61(64)55-52-49-46-43-40-37-34-31-28-26-23-20-17-14-11-8-5-2/h7-12,15-21,24-28,30,32,34,36-37,39,43,45-46,48,58H,4-6,13-14,22-23,29,31,33,35,38,40-42,44,47,49-57H2,1-3H3/b10-7+,11-8+,12-9+,18-15+,19-16+,20-17+,24-21+,27-25+,28-26+,32-30+,37-34+,39-36+,46-43+,48-45+. The fourth-order valence-electron chi connectivity index (χ4n) is 6.03. The Labute approximate surface area is 409 Å². The Morgan fingerprint density at radius 1 is 0.313 bits per heavy atom. The molecule has 6 nitrogen and oxygen atoms in total. The first-order valence-electron chi connectivity index (χ1n) is 25.7. The Hall–Kier alpha value is -5.23. The zero-order valence-corrected chi connectivity index (χ0v) is 42.1. The van der Waals surface area contributed by atoms with Crippen LogP contribution >= 0.6 is 0 Å². The average molecular weight is 919 g/mol. The second-order valence-corrected chi connectivity index (χ2v) is 16.0. The monoisotopic (exact) mass is 919 g/mol. The molecule has 0 radical (unpaired) electrons. The highest BCUT2D eigenvalue weighted by molar-refractivity contribution is 5.71. The van der Waals surface area contributed by atoms with Crippen LogP contribution in [-0.4, -0.2) is 37.2 Å². The maximum atomic E-state index is 12.8. The Balaban J connectivity index is 4.66. The molecule has 1 unspecified atom stereocenters. The summed E-state index contributed by atoms with van der Waals surface area (Å²) in [6.45, 7) is 6.11. The number of unbranched alkanes of at least 4 members (excludes halogenated alkanes) is 6. The van der Waals surface area contributed by atoms with Crippen LogP contribution in [0.1, 0.15) is 175 Å². The van der Waals surface area contributed by atoms with Gasteiger partial charge >= 0.3 is 17.9 Å². The predicted octanol–water partition coefficient (Wildman–Crippen LogP) is 17.2. The van der Waals surface area contributed by atoms with E-state index in [1.807, 2.05) is 18.2 Å². The van der Waals surface area contributed by atoms with E-state index in [1.54, 1.807) is 0 Å². The molecule has 0 saturated heterocycles. The maximum Gasteiger partial charge on any atom is 0.306 e. The van der Waals surface area contributed by atoms with Crippen LogP contribution in [-0.2, 0) is 28.6 Å². The van der Waals surface area contributed by atoms with Crippen molar-refractivity contribution in [2.75, 3.05) is 13.2 Å². The second-order valence-electron chi connectivity index (χ2n) is 16.0. The number of hydrogen-bond donors (Lipinski definition) is 0. The number of esters is 3. The van der Waals surface area contributed by atoms with Crippen molar-refractivity contribution in [2.24, 2.45) is 0 Å². The van der Waals surface area contributed by atoms with Gasteiger partial charge in [0.1, 0.15) is 13.2 Å². The molecule has 67 heavy (non-hydrogen) atoms. The van der Waals surface area contributed by atoms with E-state index >= 15 is 0 Å². The molecule has 0 aromatic carbocycles. The molecule has 6 heteroatoms. The molecule has 0 saturated carbocycles. The van der Waals surface area contributed by atoms with Crippen molar-refractivity contribution in [3.8, 4) is 0 Å². The quantitative estimate of drug-likeness (QED) is 0.0199. The van der Waals surface area contributed by atoms with E-state index in [0.717, 1.165) is 122 Å². The van der Waals surface area contributed by atoms with Crippen LogP contribution < -0.4 is 0 Å². The SMILES string of the molecule is CC/C=C/C=C/C=C/CCCCCCCC(=O)OCC(COC(=O)CC/C=C/C/C=C/C/C=C/C/C=C/C/C=C/C/C=C/CC)OC(=O)CCC/C=C/C/C=C/C/C=C/C/C=C/C/C=C/CC. The number of hydrogen-bond acceptors (Lipinski definition) is 6. The summed E-state index contributed by atoms with van der Waals surface area (Å²) in [6, 6.07) is 0. The minimum Gasteiger partial charge on any atom is -0.462 e. The van der Waals surface area contributed by atoms with Gasteiger partial charge in [-0.25, -0.2) is 0 Å². The molecule has 0 heterocycles. The number of allylic oxidation sites excluding steroid dienone is 28. The van der Waals surface area contributed by atoms with Crippen molar-refractivity contribution in [1.29, 1.82) is 0 Å². The Morgan fingerprint density at radius 3 is 1.12 bits per heavy atom. The molecular weight excluding hydrogens is 829 g/mol. The smallest absolute Gasteiger partial charge is 0.306 e. The molecular formula is C61H90O6. The van der Waals surface area contributed by atoms with Gasteiger partial charge in [-0.15, -0.1) is 0 Å². The Morgan fingerprint density at radius 2 is 0.657 bits per heavy atom. The highest BCUT2D eigenvalue weighted by Crippen LogP contribution is 2.10. The summed E-state index contributed by atoms with van der Waals surface area (Å²) in [6.07, 6.45) is 79.3. The zero-order valence-electron chi connectivity index (χ0n) is 42.1. The maximum absolute atomic E-state index is 12.8. The van der Waals surface area contributed by atoms with Crippen molar-refractivity contribution in [1.82, 2.24) is 0 Å². The van der Waals surface area contributed by atoms with Crippen molar-refractivity contribution in [3.05, 3.63) is 170 Å². The van der Waals surface area contributed by atoms with Gasteiger partial charge in [-0.1, -0.05) is 210 Å². The number of ether oxygens (including phenoxy) is 3. The molecule has 0 N–H and O–H groups in total. The lowest BCUT2D eigenvalue weighted by Crippen LogP contribution is -2.30. The third-order valence-corrected chi connectivity index (χ3v) is 9.77. The molecule has 370 valence electrons. The molecule has 0 aromatic rings. The average Bonchev–Trinajstić information content (AvgIpc) is 3.33. The lowest BCUT2D eigenvalue weighted by atomic mass is 10.1. The van der Waals surface area contributed by atoms with Gasteiger partial charge in [-0.05, 0) is 116 Å². The minimum absolute atomic E-state index is 0.144. The predicted molar refractivity (Wildman–Crippen MR) is 288 cm³/mol. The van der Waals surface area contributed by atoms with Crippen LogP contribution in [0, 0.1) is 0 Å². The molecule has 0 fully saturated rings. The summed E-state index contributed by atoms with van der Waals surface area (Å²) in [5.41, 5.74) is 0. The first-order chi connectivity index (χ1) is 33.0. The van der Waals surface area contributed by atoms with Gasteiger partial charge in [0.05, 0.1) is 0 Å². The first-order valence-corrected chi connectivity index (χ1v) is 25.7. The molecule has 0 rings (SSSR count). The summed E-state index contributed by atoms with van der Waals surface area (Å²) in [5, 5.41) is 0. The van der Waals surface area contributed by atoms with E-state index in [-0.39, 0.29) is 38.0 Å². The number of rotatable bonds is 43. The van der Waals surface area contributed by atoms with Gasteiger partial charge < -0.3 is 14.2 Å². The van der Waals surface area contributed by atoms with Crippen molar-refractivity contribution in [2.45, 2.75) is 181 Å². The van der Waals surface area contributed by atoms with Gasteiger partial charge in [-0.3, -0.25) is 14.4 Å². The Bertz CT molecular complexity index is 1620. The van der Waals surface area contributed by atoms with E-state index in [0.29, 0.717) is 19.3 Å². The molecule has 0 aliphatic rings. The Kier molecular flexibility index (Phi) is 49.2. The summed E-state index contributed by atoms with van der Waals surface area (Å²) in [4.78, 5) is 38.0. The lowest BCUT2D eigenvalue weighted by molar-refractivity contribution is -0.166. The third kappa shape index (κ3) is 51.6. The summed E-state index contributed by atoms with van der Waals surface area (Å²) in [5.74, 6) is -1.13. The molecule has 1 atom stereocenters. The molecule has 0 bridgehead atoms. The van der Waals surface area contributed by atoms with E-state index in [2.05, 4.69) is 173 Å². The third-order valence-electron chi connectivity index (χ3n) is 9.77. The molecule has 0 amide bonds. The van der Waals surface area contributed by atoms with Gasteiger partial charge in [0.15, 0.2) is 6.10 Å². The highest BCUT2D eigenvalue weighted by atomic mass is 16.6. The second kappa shape index (κ2) is 53.4. The van der Waals surface area contributed by atoms with Crippen LogP contribution in [0.15, 0.2) is 170 Å². The van der Waals surface area contributed by atoms with Gasteiger partial charge in [0, 0.05) is 19.3 Å². The van der Waals surface area contributed by atoms with Gasteiger partial charge in [0.2, 0.25) is 0 Å². The summed E-state index contributed by atoms with van der Waals surface area (Å²) >= 11 is 0. The highest BCUT2D eigenvalue weighted by Gasteiger charge is 2.19. The van der Waals surface area contributed by atoms with Crippen LogP contribution in [0.4, 0.5) is 0 Å². The van der Waals surface area contributed by atoms with Crippen molar-refractivity contribution >= 4 is 17.9 Å². The topological polar surface area (TPSA) is 78.9 Å². The summed E-state index contributed by atoms with van der Waals surface area (Å²) in [7, 11) is 0. The molecule has 0 aromatic heterocycles. The lowest BCUT2D eigenvalue weighted by Gasteiger charge is -2.18. The van der Waals surface area contributed by atoms with Crippen LogP contribution in [0.25, 0.3) is 0 Å². The number of carbonyl (C=O) groups excluding carboxylic acids is 3.